The van der Waals surface area contributed by atoms with Crippen molar-refractivity contribution in [2.45, 2.75) is 39.3 Å². The maximum absolute atomic E-state index is 10.3. The Hall–Kier alpha value is -1.79. The molecule has 2 aromatic rings. The summed E-state index contributed by atoms with van der Waals surface area (Å²) in [7, 11) is 0. The van der Waals surface area contributed by atoms with E-state index in [4.69, 9.17) is 4.52 Å². The van der Waals surface area contributed by atoms with Crippen molar-refractivity contribution in [2.75, 3.05) is 13.1 Å². The lowest BCUT2D eigenvalue weighted by molar-refractivity contribution is 0.140. The van der Waals surface area contributed by atoms with E-state index in [1.807, 2.05) is 18.2 Å². The second-order valence-electron chi connectivity index (χ2n) is 6.75. The van der Waals surface area contributed by atoms with Gasteiger partial charge in [0.05, 0.1) is 12.6 Å². The molecule has 1 aliphatic heterocycles. The highest BCUT2D eigenvalue weighted by atomic mass is 16.5. The van der Waals surface area contributed by atoms with Crippen molar-refractivity contribution < 1.29 is 9.63 Å². The van der Waals surface area contributed by atoms with Crippen LogP contribution >= 0.6 is 0 Å². The van der Waals surface area contributed by atoms with Crippen LogP contribution in [0.15, 0.2) is 28.9 Å². The van der Waals surface area contributed by atoms with Crippen LogP contribution < -0.4 is 0 Å². The average Bonchev–Trinajstić information content (AvgIpc) is 3.07. The van der Waals surface area contributed by atoms with Crippen LogP contribution in [0.25, 0.3) is 0 Å². The van der Waals surface area contributed by atoms with Crippen LogP contribution in [0.2, 0.25) is 0 Å². The van der Waals surface area contributed by atoms with Crippen molar-refractivity contribution in [3.63, 3.8) is 0 Å². The highest BCUT2D eigenvalue weighted by Gasteiger charge is 2.32. The smallest absolute Gasteiger partial charge is 0.226 e. The molecule has 0 aromatic carbocycles. The van der Waals surface area contributed by atoms with E-state index in [1.165, 1.54) is 0 Å². The minimum absolute atomic E-state index is 0.201. The predicted molar refractivity (Wildman–Crippen MR) is 85.6 cm³/mol. The van der Waals surface area contributed by atoms with E-state index >= 15 is 0 Å². The Balaban J connectivity index is 1.55. The van der Waals surface area contributed by atoms with Crippen LogP contribution in [-0.4, -0.2) is 44.3 Å². The van der Waals surface area contributed by atoms with Gasteiger partial charge in [-0.1, -0.05) is 25.1 Å². The molecule has 0 radical (unpaired) electrons. The van der Waals surface area contributed by atoms with Gasteiger partial charge in [-0.15, -0.1) is 0 Å². The third-order valence-electron chi connectivity index (χ3n) is 4.14. The van der Waals surface area contributed by atoms with E-state index in [1.54, 1.807) is 6.20 Å². The van der Waals surface area contributed by atoms with Crippen molar-refractivity contribution in [2.24, 2.45) is 11.8 Å². The van der Waals surface area contributed by atoms with Crippen LogP contribution in [-0.2, 0) is 19.4 Å². The standard InChI is InChI=1S/C17H24N4O2/c1-12(2)7-17-19-16(20-23-17)11-21-9-13(15(22)10-21)8-14-5-3-4-6-18-14/h3-6,12-13,15,22H,7-11H2,1-2H3/t13-,15-/m1/s1. The Morgan fingerprint density at radius 3 is 2.96 bits per heavy atom. The first kappa shape index (κ1) is 16.1. The van der Waals surface area contributed by atoms with Crippen LogP contribution in [0.5, 0.6) is 0 Å². The number of hydrogen-bond donors (Lipinski definition) is 1. The first-order valence-corrected chi connectivity index (χ1v) is 8.22. The molecule has 124 valence electrons. The third-order valence-corrected chi connectivity index (χ3v) is 4.14. The van der Waals surface area contributed by atoms with E-state index in [2.05, 4.69) is 33.9 Å². The van der Waals surface area contributed by atoms with Gasteiger partial charge in [0, 0.05) is 37.3 Å². The summed E-state index contributed by atoms with van der Waals surface area (Å²) in [6, 6.07) is 5.90. The minimum atomic E-state index is -0.334. The van der Waals surface area contributed by atoms with Gasteiger partial charge in [-0.25, -0.2) is 0 Å². The number of aliphatic hydroxyl groups excluding tert-OH is 1. The minimum Gasteiger partial charge on any atom is -0.391 e. The molecule has 1 fully saturated rings. The van der Waals surface area contributed by atoms with Crippen molar-refractivity contribution in [3.05, 3.63) is 41.8 Å². The fourth-order valence-corrected chi connectivity index (χ4v) is 3.05. The number of pyridine rings is 1. The number of β-amino-alcohol motifs (C(OH)–C–C–N with tert-alkyl or cyclic N) is 1. The molecule has 0 spiro atoms. The van der Waals surface area contributed by atoms with E-state index in [9.17, 15) is 5.11 Å². The van der Waals surface area contributed by atoms with Crippen LogP contribution in [0.1, 0.15) is 31.3 Å². The van der Waals surface area contributed by atoms with Crippen molar-refractivity contribution >= 4 is 0 Å². The van der Waals surface area contributed by atoms with Gasteiger partial charge in [-0.2, -0.15) is 4.98 Å². The lowest BCUT2D eigenvalue weighted by Gasteiger charge is -2.13. The van der Waals surface area contributed by atoms with E-state index in [0.717, 1.165) is 25.1 Å². The second-order valence-corrected chi connectivity index (χ2v) is 6.75. The summed E-state index contributed by atoms with van der Waals surface area (Å²) < 4.78 is 5.27. The van der Waals surface area contributed by atoms with Gasteiger partial charge in [-0.3, -0.25) is 9.88 Å². The van der Waals surface area contributed by atoms with Crippen molar-refractivity contribution in [3.8, 4) is 0 Å². The zero-order chi connectivity index (χ0) is 16.2. The molecule has 1 aliphatic rings. The normalized spacial score (nSPS) is 22.1. The Labute approximate surface area is 136 Å². The van der Waals surface area contributed by atoms with E-state index < -0.39 is 0 Å². The number of hydrogen-bond acceptors (Lipinski definition) is 6. The van der Waals surface area contributed by atoms with Gasteiger partial charge in [0.15, 0.2) is 5.82 Å². The quantitative estimate of drug-likeness (QED) is 0.874. The summed E-state index contributed by atoms with van der Waals surface area (Å²) in [4.78, 5) is 11.0. The lowest BCUT2D eigenvalue weighted by atomic mass is 10.00. The Bertz CT molecular complexity index is 614. The van der Waals surface area contributed by atoms with Crippen LogP contribution in [0, 0.1) is 11.8 Å². The molecule has 3 heterocycles. The molecule has 1 N–H and O–H groups in total. The third kappa shape index (κ3) is 4.36. The van der Waals surface area contributed by atoms with Gasteiger partial charge in [0.1, 0.15) is 0 Å². The number of aliphatic hydroxyl groups is 1. The van der Waals surface area contributed by atoms with E-state index in [0.29, 0.717) is 30.7 Å². The molecule has 0 aliphatic carbocycles. The Kier molecular flexibility index (Phi) is 5.03. The molecular formula is C17H24N4O2. The molecule has 6 heteroatoms. The van der Waals surface area contributed by atoms with E-state index in [-0.39, 0.29) is 12.0 Å². The van der Waals surface area contributed by atoms with Gasteiger partial charge in [0.25, 0.3) is 0 Å². The summed E-state index contributed by atoms with van der Waals surface area (Å²) in [6.07, 6.45) is 3.06. The highest BCUT2D eigenvalue weighted by molar-refractivity contribution is 5.06. The molecule has 0 bridgehead atoms. The topological polar surface area (TPSA) is 75.3 Å². The molecule has 0 amide bonds. The maximum Gasteiger partial charge on any atom is 0.226 e. The van der Waals surface area contributed by atoms with Crippen molar-refractivity contribution in [1.82, 2.24) is 20.0 Å². The molecule has 6 nitrogen and oxygen atoms in total. The Morgan fingerprint density at radius 1 is 1.35 bits per heavy atom. The summed E-state index contributed by atoms with van der Waals surface area (Å²) in [5.74, 6) is 2.10. The molecule has 0 saturated carbocycles. The number of rotatable bonds is 6. The monoisotopic (exact) mass is 316 g/mol. The molecule has 3 rings (SSSR count). The fraction of sp³-hybridized carbons (Fsp3) is 0.588. The first-order valence-electron chi connectivity index (χ1n) is 8.22. The van der Waals surface area contributed by atoms with Crippen molar-refractivity contribution in [1.29, 1.82) is 0 Å². The largest absolute Gasteiger partial charge is 0.391 e. The lowest BCUT2D eigenvalue weighted by Crippen LogP contribution is -2.22. The molecule has 23 heavy (non-hydrogen) atoms. The molecule has 1 saturated heterocycles. The summed E-state index contributed by atoms with van der Waals surface area (Å²) in [5, 5.41) is 14.3. The second kappa shape index (κ2) is 7.19. The Morgan fingerprint density at radius 2 is 2.22 bits per heavy atom. The fourth-order valence-electron chi connectivity index (χ4n) is 3.05. The molecule has 2 aromatic heterocycles. The molecule has 0 unspecified atom stereocenters. The summed E-state index contributed by atoms with van der Waals surface area (Å²) in [6.45, 7) is 6.35. The highest BCUT2D eigenvalue weighted by Crippen LogP contribution is 2.22. The maximum atomic E-state index is 10.3. The SMILES string of the molecule is CC(C)Cc1nc(CN2C[C@@H](Cc3ccccn3)[C@H](O)C2)no1. The number of nitrogens with zero attached hydrogens (tertiary/aromatic N) is 4. The average molecular weight is 316 g/mol. The summed E-state index contributed by atoms with van der Waals surface area (Å²) >= 11 is 0. The zero-order valence-corrected chi connectivity index (χ0v) is 13.7. The van der Waals surface area contributed by atoms with Gasteiger partial charge >= 0.3 is 0 Å². The zero-order valence-electron chi connectivity index (χ0n) is 13.7. The van der Waals surface area contributed by atoms with Gasteiger partial charge in [-0.05, 0) is 24.5 Å². The van der Waals surface area contributed by atoms with Gasteiger partial charge < -0.3 is 9.63 Å². The predicted octanol–water partition coefficient (Wildman–Crippen LogP) is 1.70. The molecular weight excluding hydrogens is 292 g/mol. The number of likely N-dealkylation sites (tertiary alicyclic amines) is 1. The van der Waals surface area contributed by atoms with Gasteiger partial charge in [0.2, 0.25) is 5.89 Å². The van der Waals surface area contributed by atoms with Crippen LogP contribution in [0.4, 0.5) is 0 Å². The number of aromatic nitrogens is 3. The van der Waals surface area contributed by atoms with Crippen LogP contribution in [0.3, 0.4) is 0 Å². The summed E-state index contributed by atoms with van der Waals surface area (Å²) in [5.41, 5.74) is 1.03. The first-order chi connectivity index (χ1) is 11.1. The molecule has 2 atom stereocenters.